The van der Waals surface area contributed by atoms with Crippen LogP contribution in [0.3, 0.4) is 0 Å². The topological polar surface area (TPSA) is 104 Å². The van der Waals surface area contributed by atoms with Gasteiger partial charge in [-0.15, -0.1) is 6.58 Å². The van der Waals surface area contributed by atoms with Gasteiger partial charge in [0.15, 0.2) is 0 Å². The standard InChI is InChI=1S/C33H38N4O4S/c1-7-11-33(12-13-33)42(40,41)37-19-22(3)30-27(31(38)34-18-28-21(2)14-23(4)35-32(28)39)16-26(17-29(30)37)25-10-8-9-24(15-25)20-36(5)6/h7-10,14-17,19H,1,11-13,18,20H2,2-6H3,(H,34,38)(H,35,39). The van der Waals surface area contributed by atoms with Crippen LogP contribution in [0.5, 0.6) is 0 Å². The minimum absolute atomic E-state index is 0.0464. The molecule has 0 radical (unpaired) electrons. The molecular formula is C33H38N4O4S. The molecule has 2 heterocycles. The van der Waals surface area contributed by atoms with Gasteiger partial charge in [-0.1, -0.05) is 24.3 Å². The predicted octanol–water partition coefficient (Wildman–Crippen LogP) is 5.20. The summed E-state index contributed by atoms with van der Waals surface area (Å²) >= 11 is 0. The molecule has 42 heavy (non-hydrogen) atoms. The second-order valence-electron chi connectivity index (χ2n) is 11.8. The number of allylic oxidation sites excluding steroid dienone is 1. The van der Waals surface area contributed by atoms with Gasteiger partial charge < -0.3 is 15.2 Å². The first-order valence-electron chi connectivity index (χ1n) is 14.1. The number of nitrogens with one attached hydrogen (secondary N) is 2. The minimum Gasteiger partial charge on any atom is -0.348 e. The largest absolute Gasteiger partial charge is 0.348 e. The summed E-state index contributed by atoms with van der Waals surface area (Å²) in [5.41, 5.74) is 6.01. The Labute approximate surface area is 247 Å². The van der Waals surface area contributed by atoms with E-state index in [0.717, 1.165) is 34.5 Å². The van der Waals surface area contributed by atoms with Crippen molar-refractivity contribution in [2.24, 2.45) is 0 Å². The first-order chi connectivity index (χ1) is 19.9. The van der Waals surface area contributed by atoms with Crippen LogP contribution in [0.25, 0.3) is 22.0 Å². The molecule has 0 atom stereocenters. The number of benzene rings is 2. The van der Waals surface area contributed by atoms with E-state index in [-0.39, 0.29) is 18.0 Å². The minimum atomic E-state index is -3.77. The van der Waals surface area contributed by atoms with Gasteiger partial charge in [0.1, 0.15) is 0 Å². The van der Waals surface area contributed by atoms with Gasteiger partial charge in [0.2, 0.25) is 10.0 Å². The number of amides is 1. The Bertz CT molecular complexity index is 1880. The maximum atomic E-state index is 14.0. The lowest BCUT2D eigenvalue weighted by atomic mass is 9.97. The molecule has 0 saturated heterocycles. The van der Waals surface area contributed by atoms with Crippen LogP contribution in [-0.4, -0.2) is 47.0 Å². The molecule has 0 bridgehead atoms. The number of fused-ring (bicyclic) bond motifs is 1. The third kappa shape index (κ3) is 5.34. The van der Waals surface area contributed by atoms with Gasteiger partial charge in [-0.2, -0.15) is 0 Å². The highest BCUT2D eigenvalue weighted by molar-refractivity contribution is 7.91. The number of aromatic nitrogens is 2. The summed E-state index contributed by atoms with van der Waals surface area (Å²) in [5.74, 6) is -0.379. The molecule has 0 aliphatic heterocycles. The van der Waals surface area contributed by atoms with E-state index in [1.54, 1.807) is 12.3 Å². The summed E-state index contributed by atoms with van der Waals surface area (Å²) in [6, 6.07) is 13.6. The van der Waals surface area contributed by atoms with Gasteiger partial charge in [-0.25, -0.2) is 12.4 Å². The van der Waals surface area contributed by atoms with E-state index in [1.807, 2.05) is 71.3 Å². The monoisotopic (exact) mass is 586 g/mol. The third-order valence-electron chi connectivity index (χ3n) is 8.11. The average molecular weight is 587 g/mol. The van der Waals surface area contributed by atoms with E-state index in [2.05, 4.69) is 27.8 Å². The number of aryl methyl sites for hydroxylation is 3. The number of carbonyl (C=O) groups is 1. The van der Waals surface area contributed by atoms with E-state index in [1.165, 1.54) is 3.97 Å². The number of carbonyl (C=O) groups excluding carboxylic acids is 1. The summed E-state index contributed by atoms with van der Waals surface area (Å²) in [6.45, 7) is 10.1. The Hall–Kier alpha value is -3.95. The fourth-order valence-corrected chi connectivity index (χ4v) is 7.89. The Morgan fingerprint density at radius 3 is 2.48 bits per heavy atom. The van der Waals surface area contributed by atoms with Crippen LogP contribution >= 0.6 is 0 Å². The molecule has 2 N–H and O–H groups in total. The van der Waals surface area contributed by atoms with Gasteiger partial charge in [-0.3, -0.25) is 9.59 Å². The highest BCUT2D eigenvalue weighted by atomic mass is 32.2. The van der Waals surface area contributed by atoms with Gasteiger partial charge in [-0.05, 0) is 106 Å². The molecule has 2 aromatic heterocycles. The number of rotatable bonds is 10. The quantitative estimate of drug-likeness (QED) is 0.249. The molecule has 8 nitrogen and oxygen atoms in total. The Morgan fingerprint density at radius 1 is 1.10 bits per heavy atom. The fraction of sp³-hybridized carbons (Fsp3) is 0.333. The van der Waals surface area contributed by atoms with Crippen LogP contribution in [0.4, 0.5) is 0 Å². The van der Waals surface area contributed by atoms with Crippen molar-refractivity contribution in [3.8, 4) is 11.1 Å². The lowest BCUT2D eigenvalue weighted by Gasteiger charge is -2.17. The average Bonchev–Trinajstić information content (AvgIpc) is 3.64. The molecule has 1 fully saturated rings. The van der Waals surface area contributed by atoms with Crippen LogP contribution in [-0.2, 0) is 23.1 Å². The van der Waals surface area contributed by atoms with Crippen molar-refractivity contribution >= 4 is 26.8 Å². The van der Waals surface area contributed by atoms with Crippen LogP contribution in [0, 0.1) is 20.8 Å². The molecule has 5 rings (SSSR count). The van der Waals surface area contributed by atoms with Gasteiger partial charge in [0.25, 0.3) is 11.5 Å². The van der Waals surface area contributed by atoms with E-state index >= 15 is 0 Å². The summed E-state index contributed by atoms with van der Waals surface area (Å²) in [4.78, 5) is 31.3. The van der Waals surface area contributed by atoms with Crippen molar-refractivity contribution in [3.63, 3.8) is 0 Å². The van der Waals surface area contributed by atoms with Crippen LogP contribution < -0.4 is 10.9 Å². The molecule has 0 unspecified atom stereocenters. The van der Waals surface area contributed by atoms with E-state index in [9.17, 15) is 18.0 Å². The lowest BCUT2D eigenvalue weighted by molar-refractivity contribution is 0.0952. The lowest BCUT2D eigenvalue weighted by Crippen LogP contribution is -2.29. The smallest absolute Gasteiger partial charge is 0.253 e. The Balaban J connectivity index is 1.66. The molecule has 2 aromatic carbocycles. The number of pyridine rings is 1. The zero-order chi connectivity index (χ0) is 30.4. The maximum Gasteiger partial charge on any atom is 0.253 e. The van der Waals surface area contributed by atoms with E-state index < -0.39 is 14.8 Å². The first-order valence-corrected chi connectivity index (χ1v) is 15.5. The number of nitrogens with zero attached hydrogens (tertiary/aromatic N) is 2. The third-order valence-corrected chi connectivity index (χ3v) is 10.6. The van der Waals surface area contributed by atoms with Crippen molar-refractivity contribution in [2.45, 2.75) is 57.9 Å². The molecule has 1 aliphatic rings. The summed E-state index contributed by atoms with van der Waals surface area (Å²) in [5, 5.41) is 3.50. The molecular weight excluding hydrogens is 548 g/mol. The highest BCUT2D eigenvalue weighted by Gasteiger charge is 2.54. The number of H-pyrrole nitrogens is 1. The van der Waals surface area contributed by atoms with Crippen molar-refractivity contribution < 1.29 is 13.2 Å². The fourth-order valence-electron chi connectivity index (χ4n) is 5.83. The SMILES string of the molecule is C=CCC1(S(=O)(=O)n2cc(C)c3c(C(=O)NCc4c(C)cc(C)[nH]c4=O)cc(-c4cccc(CN(C)C)c4)cc32)CC1. The number of hydrogen-bond acceptors (Lipinski definition) is 5. The van der Waals surface area contributed by atoms with Gasteiger partial charge in [0.05, 0.1) is 10.3 Å². The van der Waals surface area contributed by atoms with E-state index in [0.29, 0.717) is 46.9 Å². The molecule has 1 aliphatic carbocycles. The zero-order valence-electron chi connectivity index (χ0n) is 24.9. The van der Waals surface area contributed by atoms with Crippen molar-refractivity contribution in [2.75, 3.05) is 14.1 Å². The maximum absolute atomic E-state index is 14.0. The van der Waals surface area contributed by atoms with Gasteiger partial charge >= 0.3 is 0 Å². The van der Waals surface area contributed by atoms with Crippen molar-refractivity contribution in [3.05, 3.63) is 105 Å². The predicted molar refractivity (Wildman–Crippen MR) is 168 cm³/mol. The zero-order valence-corrected chi connectivity index (χ0v) is 25.7. The van der Waals surface area contributed by atoms with Crippen molar-refractivity contribution in [1.29, 1.82) is 0 Å². The number of aromatic amines is 1. The first kappa shape index (κ1) is 29.5. The van der Waals surface area contributed by atoms with Crippen LogP contribution in [0.1, 0.15) is 57.6 Å². The highest BCUT2D eigenvalue weighted by Crippen LogP contribution is 2.49. The second kappa shape index (κ2) is 11.0. The summed E-state index contributed by atoms with van der Waals surface area (Å²) in [7, 11) is 0.229. The molecule has 220 valence electrons. The normalized spacial score (nSPS) is 14.3. The molecule has 4 aromatic rings. The van der Waals surface area contributed by atoms with Crippen LogP contribution in [0.15, 0.2) is 66.1 Å². The van der Waals surface area contributed by atoms with Gasteiger partial charge in [0, 0.05) is 41.5 Å². The molecule has 1 saturated carbocycles. The second-order valence-corrected chi connectivity index (χ2v) is 14.0. The van der Waals surface area contributed by atoms with Crippen LogP contribution in [0.2, 0.25) is 0 Å². The summed E-state index contributed by atoms with van der Waals surface area (Å²) in [6.07, 6.45) is 4.81. The number of hydrogen-bond donors (Lipinski definition) is 2. The van der Waals surface area contributed by atoms with E-state index in [4.69, 9.17) is 0 Å². The Morgan fingerprint density at radius 2 is 1.83 bits per heavy atom. The Kier molecular flexibility index (Phi) is 7.76. The molecule has 1 amide bonds. The molecule has 0 spiro atoms. The molecule has 9 heteroatoms. The summed E-state index contributed by atoms with van der Waals surface area (Å²) < 4.78 is 28.5. The van der Waals surface area contributed by atoms with Crippen molar-refractivity contribution in [1.82, 2.24) is 19.2 Å².